The molecule has 0 fully saturated rings. The highest BCUT2D eigenvalue weighted by molar-refractivity contribution is 5.89. The Morgan fingerprint density at radius 2 is 1.47 bits per heavy atom. The van der Waals surface area contributed by atoms with Gasteiger partial charge in [-0.05, 0) is 17.0 Å². The molecule has 2 aromatic rings. The molecule has 0 saturated carbocycles. The molecular weight excluding hydrogens is 404 g/mol. The highest BCUT2D eigenvalue weighted by Crippen LogP contribution is 2.06. The smallest absolute Gasteiger partial charge is 0.242 e. The third-order valence-corrected chi connectivity index (χ3v) is 4.74. The molecule has 0 radical (unpaired) electrons. The number of nitrogens with zero attached hydrogens (tertiary/aromatic N) is 3. The van der Waals surface area contributed by atoms with E-state index >= 15 is 0 Å². The van der Waals surface area contributed by atoms with Gasteiger partial charge in [-0.15, -0.1) is 0 Å². The second kappa shape index (κ2) is 12.9. The molecule has 0 heterocycles. The molecule has 0 aliphatic carbocycles. The predicted molar refractivity (Wildman–Crippen MR) is 122 cm³/mol. The Bertz CT molecular complexity index is 923. The molecule has 7 heteroatoms. The summed E-state index contributed by atoms with van der Waals surface area (Å²) >= 11 is 0. The first kappa shape index (κ1) is 24.6. The van der Waals surface area contributed by atoms with Gasteiger partial charge in [0.15, 0.2) is 0 Å². The molecule has 0 unspecified atom stereocenters. The first-order valence-corrected chi connectivity index (χ1v) is 10.7. The number of hydrogen-bond acceptors (Lipinski definition) is 4. The van der Waals surface area contributed by atoms with Crippen LogP contribution in [0.3, 0.4) is 0 Å². The fourth-order valence-electron chi connectivity index (χ4n) is 3.18. The zero-order chi connectivity index (χ0) is 23.3. The van der Waals surface area contributed by atoms with Gasteiger partial charge in [0.25, 0.3) is 0 Å². The molecule has 168 valence electrons. The average Bonchev–Trinajstić information content (AvgIpc) is 2.78. The summed E-state index contributed by atoms with van der Waals surface area (Å²) in [4.78, 5) is 40.8. The number of carbonyl (C=O) groups is 3. The average molecular weight is 435 g/mol. The highest BCUT2D eigenvalue weighted by Gasteiger charge is 2.23. The van der Waals surface area contributed by atoms with Crippen LogP contribution in [0.2, 0.25) is 0 Å². The van der Waals surface area contributed by atoms with Crippen molar-refractivity contribution in [2.75, 3.05) is 26.2 Å². The predicted octanol–water partition coefficient (Wildman–Crippen LogP) is 2.38. The number of nitriles is 1. The second-order valence-corrected chi connectivity index (χ2v) is 8.00. The quantitative estimate of drug-likeness (QED) is 0.550. The summed E-state index contributed by atoms with van der Waals surface area (Å²) in [6.07, 6.45) is 0.109. The van der Waals surface area contributed by atoms with E-state index in [-0.39, 0.29) is 49.7 Å². The Morgan fingerprint density at radius 3 is 2.03 bits per heavy atom. The van der Waals surface area contributed by atoms with Crippen molar-refractivity contribution in [3.8, 4) is 6.07 Å². The van der Waals surface area contributed by atoms with E-state index in [1.165, 1.54) is 9.80 Å². The molecule has 1 N–H and O–H groups in total. The van der Waals surface area contributed by atoms with E-state index in [1.54, 1.807) is 0 Å². The summed E-state index contributed by atoms with van der Waals surface area (Å²) in [6.45, 7) is 4.14. The number of carbonyl (C=O) groups excluding carboxylic acids is 3. The molecule has 2 aromatic carbocycles. The maximum atomic E-state index is 13.0. The van der Waals surface area contributed by atoms with E-state index < -0.39 is 0 Å². The van der Waals surface area contributed by atoms with Crippen molar-refractivity contribution >= 4 is 17.7 Å². The van der Waals surface area contributed by atoms with Crippen molar-refractivity contribution in [3.63, 3.8) is 0 Å². The van der Waals surface area contributed by atoms with Gasteiger partial charge in [0.05, 0.1) is 19.0 Å². The molecular formula is C25H30N4O3. The van der Waals surface area contributed by atoms with Gasteiger partial charge in [-0.3, -0.25) is 14.4 Å². The molecule has 0 aliphatic heterocycles. The zero-order valence-corrected chi connectivity index (χ0v) is 18.7. The molecule has 0 bridgehead atoms. The summed E-state index contributed by atoms with van der Waals surface area (Å²) in [5.41, 5.74) is 1.78. The standard InChI is InChI=1S/C25H30N4O3/c1-20(2)17-29(18-23(30)27-16-22-11-7-4-8-12-22)25(32)19-28(14-13-26)24(31)15-21-9-5-3-6-10-21/h3-12,20H,14-19H2,1-2H3,(H,27,30). The summed E-state index contributed by atoms with van der Waals surface area (Å²) < 4.78 is 0. The van der Waals surface area contributed by atoms with Crippen molar-refractivity contribution in [1.29, 1.82) is 5.26 Å². The Morgan fingerprint density at radius 1 is 0.875 bits per heavy atom. The van der Waals surface area contributed by atoms with Crippen LogP contribution in [-0.2, 0) is 27.3 Å². The lowest BCUT2D eigenvalue weighted by Crippen LogP contribution is -2.48. The second-order valence-electron chi connectivity index (χ2n) is 8.00. The topological polar surface area (TPSA) is 93.5 Å². The Balaban J connectivity index is 1.99. The van der Waals surface area contributed by atoms with Crippen molar-refractivity contribution < 1.29 is 14.4 Å². The van der Waals surface area contributed by atoms with Gasteiger partial charge < -0.3 is 15.1 Å². The van der Waals surface area contributed by atoms with Crippen LogP contribution in [0.1, 0.15) is 25.0 Å². The molecule has 0 aromatic heterocycles. The van der Waals surface area contributed by atoms with Crippen LogP contribution in [0.25, 0.3) is 0 Å². The third-order valence-electron chi connectivity index (χ3n) is 4.74. The van der Waals surface area contributed by atoms with Crippen LogP contribution in [0.5, 0.6) is 0 Å². The van der Waals surface area contributed by atoms with Gasteiger partial charge in [0.1, 0.15) is 13.1 Å². The first-order valence-electron chi connectivity index (χ1n) is 10.7. The van der Waals surface area contributed by atoms with Crippen molar-refractivity contribution in [3.05, 3.63) is 71.8 Å². The number of nitrogens with one attached hydrogen (secondary N) is 1. The van der Waals surface area contributed by atoms with E-state index in [4.69, 9.17) is 5.26 Å². The van der Waals surface area contributed by atoms with Crippen molar-refractivity contribution in [2.45, 2.75) is 26.8 Å². The van der Waals surface area contributed by atoms with Crippen LogP contribution >= 0.6 is 0 Å². The van der Waals surface area contributed by atoms with Gasteiger partial charge in [0.2, 0.25) is 17.7 Å². The zero-order valence-electron chi connectivity index (χ0n) is 18.7. The summed E-state index contributed by atoms with van der Waals surface area (Å²) in [5.74, 6) is -0.787. The summed E-state index contributed by atoms with van der Waals surface area (Å²) in [7, 11) is 0. The SMILES string of the molecule is CC(C)CN(CC(=O)NCc1ccccc1)C(=O)CN(CC#N)C(=O)Cc1ccccc1. The summed E-state index contributed by atoms with van der Waals surface area (Å²) in [5, 5.41) is 12.0. The normalized spacial score (nSPS) is 10.3. The lowest BCUT2D eigenvalue weighted by Gasteiger charge is -2.27. The monoisotopic (exact) mass is 434 g/mol. The third kappa shape index (κ3) is 8.60. The lowest BCUT2D eigenvalue weighted by molar-refractivity contribution is -0.141. The summed E-state index contributed by atoms with van der Waals surface area (Å²) in [6, 6.07) is 20.6. The van der Waals surface area contributed by atoms with Gasteiger partial charge in [-0.1, -0.05) is 74.5 Å². The number of amides is 3. The lowest BCUT2D eigenvalue weighted by atomic mass is 10.1. The molecule has 32 heavy (non-hydrogen) atoms. The minimum atomic E-state index is -0.356. The minimum Gasteiger partial charge on any atom is -0.350 e. The van der Waals surface area contributed by atoms with Crippen LogP contribution in [0.15, 0.2) is 60.7 Å². The fourth-order valence-corrected chi connectivity index (χ4v) is 3.18. The van der Waals surface area contributed by atoms with Crippen LogP contribution < -0.4 is 5.32 Å². The molecule has 7 nitrogen and oxygen atoms in total. The molecule has 0 aliphatic rings. The number of hydrogen-bond donors (Lipinski definition) is 1. The Labute approximate surface area is 189 Å². The van der Waals surface area contributed by atoms with Gasteiger partial charge in [-0.2, -0.15) is 5.26 Å². The van der Waals surface area contributed by atoms with Crippen molar-refractivity contribution in [2.24, 2.45) is 5.92 Å². The molecule has 0 spiro atoms. The van der Waals surface area contributed by atoms with Gasteiger partial charge in [0, 0.05) is 13.1 Å². The van der Waals surface area contributed by atoms with E-state index in [0.29, 0.717) is 13.1 Å². The van der Waals surface area contributed by atoms with E-state index in [0.717, 1.165) is 11.1 Å². The van der Waals surface area contributed by atoms with Crippen molar-refractivity contribution in [1.82, 2.24) is 15.1 Å². The first-order chi connectivity index (χ1) is 15.4. The van der Waals surface area contributed by atoms with E-state index in [2.05, 4.69) is 5.32 Å². The van der Waals surface area contributed by atoms with E-state index in [1.807, 2.05) is 80.6 Å². The number of rotatable bonds is 11. The maximum Gasteiger partial charge on any atom is 0.242 e. The van der Waals surface area contributed by atoms with Crippen LogP contribution in [0, 0.1) is 17.2 Å². The van der Waals surface area contributed by atoms with Crippen LogP contribution in [-0.4, -0.2) is 53.7 Å². The largest absolute Gasteiger partial charge is 0.350 e. The molecule has 2 rings (SSSR count). The number of benzene rings is 2. The van der Waals surface area contributed by atoms with E-state index in [9.17, 15) is 14.4 Å². The van der Waals surface area contributed by atoms with Gasteiger partial charge >= 0.3 is 0 Å². The molecule has 0 atom stereocenters. The Kier molecular flexibility index (Phi) is 9.92. The molecule has 0 saturated heterocycles. The van der Waals surface area contributed by atoms with Gasteiger partial charge in [-0.25, -0.2) is 0 Å². The minimum absolute atomic E-state index is 0.100. The molecule has 3 amide bonds. The Hall–Kier alpha value is -3.66. The highest BCUT2D eigenvalue weighted by atomic mass is 16.2. The van der Waals surface area contributed by atoms with Crippen LogP contribution in [0.4, 0.5) is 0 Å². The fraction of sp³-hybridized carbons (Fsp3) is 0.360. The maximum absolute atomic E-state index is 13.0.